The molecule has 3 fully saturated rings. The second kappa shape index (κ2) is 16.7. The Balaban J connectivity index is 0.849. The summed E-state index contributed by atoms with van der Waals surface area (Å²) in [5.74, 6) is -0.426. The number of hydrogen-bond donors (Lipinski definition) is 3. The van der Waals surface area contributed by atoms with Crippen LogP contribution < -0.4 is 20.7 Å². The number of amides is 5. The second-order valence-electron chi connectivity index (χ2n) is 14.6. The number of hydrogen-bond acceptors (Lipinski definition) is 10. The van der Waals surface area contributed by atoms with E-state index in [1.165, 1.54) is 0 Å². The number of benzene rings is 2. The summed E-state index contributed by atoms with van der Waals surface area (Å²) < 4.78 is 7.86. The van der Waals surface area contributed by atoms with Crippen LogP contribution in [0.2, 0.25) is 0 Å². The van der Waals surface area contributed by atoms with Crippen molar-refractivity contribution >= 4 is 52.2 Å². The van der Waals surface area contributed by atoms with Crippen molar-refractivity contribution in [2.75, 3.05) is 65.3 Å². The molecule has 1 atom stereocenters. The van der Waals surface area contributed by atoms with Gasteiger partial charge in [0, 0.05) is 88.7 Å². The van der Waals surface area contributed by atoms with E-state index in [1.807, 2.05) is 24.3 Å². The maximum Gasteiger partial charge on any atom is 0.270 e. The summed E-state index contributed by atoms with van der Waals surface area (Å²) in [6.07, 6.45) is 6.76. The normalized spacial score (nSPS) is 17.9. The van der Waals surface area contributed by atoms with Gasteiger partial charge in [-0.1, -0.05) is 25.0 Å². The van der Waals surface area contributed by atoms with Crippen molar-refractivity contribution in [1.82, 2.24) is 39.9 Å². The predicted octanol–water partition coefficient (Wildman–Crippen LogP) is 3.47. The molecule has 3 aliphatic rings. The van der Waals surface area contributed by atoms with Crippen LogP contribution in [0.3, 0.4) is 0 Å². The van der Waals surface area contributed by atoms with E-state index in [2.05, 4.69) is 30.4 Å². The molecule has 5 amide bonds. The van der Waals surface area contributed by atoms with Gasteiger partial charge >= 0.3 is 0 Å². The summed E-state index contributed by atoms with van der Waals surface area (Å²) in [6, 6.07) is 16.3. The van der Waals surface area contributed by atoms with Crippen LogP contribution in [0.15, 0.2) is 60.8 Å². The van der Waals surface area contributed by atoms with Crippen LogP contribution in [0.4, 0.5) is 11.6 Å². The summed E-state index contributed by atoms with van der Waals surface area (Å²) in [6.45, 7) is 3.48. The van der Waals surface area contributed by atoms with Crippen LogP contribution in [-0.2, 0) is 14.4 Å². The van der Waals surface area contributed by atoms with Gasteiger partial charge in [0.05, 0.1) is 5.92 Å². The average Bonchev–Trinajstić information content (AvgIpc) is 3.85. The topological polar surface area (TPSA) is 171 Å². The lowest BCUT2D eigenvalue weighted by Crippen LogP contribution is -2.51. The number of ether oxygens (including phenoxy) is 1. The maximum absolute atomic E-state index is 13.0. The molecule has 15 heteroatoms. The Morgan fingerprint density at radius 3 is 2.45 bits per heavy atom. The lowest BCUT2D eigenvalue weighted by Gasteiger charge is -2.34. The van der Waals surface area contributed by atoms with Crippen molar-refractivity contribution in [2.24, 2.45) is 0 Å². The summed E-state index contributed by atoms with van der Waals surface area (Å²) in [4.78, 5) is 77.5. The fourth-order valence-corrected chi connectivity index (χ4v) is 7.55. The van der Waals surface area contributed by atoms with E-state index in [-0.39, 0.29) is 42.2 Å². The van der Waals surface area contributed by atoms with Crippen LogP contribution in [0.25, 0.3) is 11.0 Å². The number of rotatable bonds is 12. The van der Waals surface area contributed by atoms with Crippen molar-refractivity contribution < 1.29 is 28.7 Å². The number of nitrogens with one attached hydrogen (secondary N) is 3. The third-order valence-electron chi connectivity index (χ3n) is 10.6. The van der Waals surface area contributed by atoms with Gasteiger partial charge < -0.3 is 29.7 Å². The second-order valence-corrected chi connectivity index (χ2v) is 14.6. The number of carbonyl (C=O) groups excluding carboxylic acids is 5. The molecule has 288 valence electrons. The smallest absolute Gasteiger partial charge is 0.270 e. The molecule has 4 heterocycles. The van der Waals surface area contributed by atoms with E-state index in [9.17, 15) is 24.0 Å². The van der Waals surface area contributed by atoms with Gasteiger partial charge in [0.1, 0.15) is 17.1 Å². The van der Waals surface area contributed by atoms with E-state index in [0.29, 0.717) is 75.1 Å². The van der Waals surface area contributed by atoms with Gasteiger partial charge in [-0.25, -0.2) is 4.98 Å². The molecular formula is C40H47N9O6. The molecule has 2 aliphatic heterocycles. The molecule has 0 radical (unpaired) electrons. The molecule has 4 aromatic rings. The van der Waals surface area contributed by atoms with E-state index in [4.69, 9.17) is 9.72 Å². The minimum Gasteiger partial charge on any atom is -0.484 e. The minimum atomic E-state index is -0.418. The Kier molecular flexibility index (Phi) is 11.4. The van der Waals surface area contributed by atoms with Crippen LogP contribution in [0.5, 0.6) is 5.75 Å². The highest BCUT2D eigenvalue weighted by Gasteiger charge is 2.29. The van der Waals surface area contributed by atoms with Crippen molar-refractivity contribution in [1.29, 1.82) is 0 Å². The molecule has 15 nitrogen and oxygen atoms in total. The summed E-state index contributed by atoms with van der Waals surface area (Å²) >= 11 is 0. The Labute approximate surface area is 319 Å². The van der Waals surface area contributed by atoms with Crippen molar-refractivity contribution in [3.8, 4) is 5.75 Å². The zero-order valence-electron chi connectivity index (χ0n) is 31.3. The predicted molar refractivity (Wildman–Crippen MR) is 205 cm³/mol. The number of aromatic nitrogens is 3. The lowest BCUT2D eigenvalue weighted by molar-refractivity contribution is -0.136. The fourth-order valence-electron chi connectivity index (χ4n) is 7.55. The first-order valence-corrected chi connectivity index (χ1v) is 18.9. The maximum atomic E-state index is 13.0. The van der Waals surface area contributed by atoms with Gasteiger partial charge in [0.2, 0.25) is 17.8 Å². The SMILES string of the molecule is CN(C)C(=O)c1cc2cnc(Nc3ccc(C(=O)NCCN4CCN(C(=O)COc5cccc(C6CCC(=O)NC6=O)c5)CC4)cc3)nc2n1C1CCCC1. The molecular weight excluding hydrogens is 702 g/mol. The van der Waals surface area contributed by atoms with Crippen LogP contribution in [0, 0.1) is 0 Å². The number of anilines is 2. The summed E-state index contributed by atoms with van der Waals surface area (Å²) in [7, 11) is 3.51. The highest BCUT2D eigenvalue weighted by molar-refractivity contribution is 6.01. The zero-order chi connectivity index (χ0) is 38.5. The van der Waals surface area contributed by atoms with Crippen LogP contribution in [0.1, 0.15) is 76.9 Å². The third-order valence-corrected chi connectivity index (χ3v) is 10.6. The molecule has 0 spiro atoms. The zero-order valence-corrected chi connectivity index (χ0v) is 31.3. The number of piperidine rings is 1. The van der Waals surface area contributed by atoms with Gasteiger partial charge in [0.15, 0.2) is 6.61 Å². The first kappa shape index (κ1) is 37.5. The Morgan fingerprint density at radius 2 is 1.73 bits per heavy atom. The lowest BCUT2D eigenvalue weighted by atomic mass is 9.90. The summed E-state index contributed by atoms with van der Waals surface area (Å²) in [5, 5.41) is 9.43. The van der Waals surface area contributed by atoms with Gasteiger partial charge in [-0.2, -0.15) is 4.98 Å². The molecule has 7 rings (SSSR count). The van der Waals surface area contributed by atoms with Crippen molar-refractivity contribution in [3.05, 3.63) is 77.6 Å². The minimum absolute atomic E-state index is 0.0558. The molecule has 2 saturated heterocycles. The molecule has 0 bridgehead atoms. The number of carbonyl (C=O) groups is 5. The van der Waals surface area contributed by atoms with E-state index in [0.717, 1.165) is 48.0 Å². The fraction of sp³-hybridized carbons (Fsp3) is 0.425. The number of fused-ring (bicyclic) bond motifs is 1. The summed E-state index contributed by atoms with van der Waals surface area (Å²) in [5.41, 5.74) is 3.38. The Bertz CT molecular complexity index is 2070. The van der Waals surface area contributed by atoms with E-state index in [1.54, 1.807) is 60.4 Å². The monoisotopic (exact) mass is 749 g/mol. The standard InChI is InChI=1S/C40H47N9O6/c1-46(2)39(54)33-23-28-24-42-40(45-36(28)49(33)30-7-3-4-8-30)43-29-12-10-26(11-13-29)37(52)41-16-17-47-18-20-48(21-19-47)35(51)25-55-31-9-5-6-27(22-31)32-14-15-34(50)44-38(32)53/h5-6,9-13,22-24,30,32H,3-4,7-8,14-21,25H2,1-2H3,(H,41,52)(H,42,43,45)(H,44,50,53). The van der Waals surface area contributed by atoms with Crippen LogP contribution >= 0.6 is 0 Å². The third kappa shape index (κ3) is 8.78. The largest absolute Gasteiger partial charge is 0.484 e. The highest BCUT2D eigenvalue weighted by atomic mass is 16.5. The quantitative estimate of drug-likeness (QED) is 0.182. The highest BCUT2D eigenvalue weighted by Crippen LogP contribution is 2.35. The van der Waals surface area contributed by atoms with Crippen molar-refractivity contribution in [3.63, 3.8) is 0 Å². The van der Waals surface area contributed by atoms with E-state index >= 15 is 0 Å². The molecule has 1 unspecified atom stereocenters. The number of piperazine rings is 1. The number of nitrogens with zero attached hydrogens (tertiary/aromatic N) is 6. The van der Waals surface area contributed by atoms with Gasteiger partial charge in [-0.15, -0.1) is 0 Å². The molecule has 1 saturated carbocycles. The number of imide groups is 1. The van der Waals surface area contributed by atoms with Crippen molar-refractivity contribution in [2.45, 2.75) is 50.5 Å². The first-order valence-electron chi connectivity index (χ1n) is 18.9. The Morgan fingerprint density at radius 1 is 0.964 bits per heavy atom. The average molecular weight is 750 g/mol. The van der Waals surface area contributed by atoms with E-state index < -0.39 is 5.92 Å². The Hall–Kier alpha value is -5.83. The molecule has 2 aromatic carbocycles. The molecule has 2 aromatic heterocycles. The first-order chi connectivity index (χ1) is 26.6. The van der Waals surface area contributed by atoms with Gasteiger partial charge in [-0.05, 0) is 67.3 Å². The molecule has 55 heavy (non-hydrogen) atoms. The molecule has 1 aliphatic carbocycles. The van der Waals surface area contributed by atoms with Gasteiger partial charge in [0.25, 0.3) is 17.7 Å². The van der Waals surface area contributed by atoms with Crippen LogP contribution in [-0.4, -0.2) is 119 Å². The molecule has 3 N–H and O–H groups in total. The van der Waals surface area contributed by atoms with Gasteiger partial charge in [-0.3, -0.25) is 34.2 Å².